The second kappa shape index (κ2) is 11.5. The number of carbonyl (C=O) groups is 1. The van der Waals surface area contributed by atoms with Crippen LogP contribution in [0.1, 0.15) is 61.1 Å². The van der Waals surface area contributed by atoms with Crippen molar-refractivity contribution in [2.75, 3.05) is 6.61 Å². The van der Waals surface area contributed by atoms with Crippen LogP contribution in [0.4, 0.5) is 4.79 Å². The number of carbonyl (C=O) groups excluding carboxylic acids is 1. The molecular weight excluding hydrogens is 516 g/mol. The number of benzene rings is 2. The molecule has 7 heteroatoms. The lowest BCUT2D eigenvalue weighted by molar-refractivity contribution is -0.0853. The van der Waals surface area contributed by atoms with Crippen molar-refractivity contribution >= 4 is 24.8 Å². The van der Waals surface area contributed by atoms with Crippen LogP contribution in [0.3, 0.4) is 0 Å². The van der Waals surface area contributed by atoms with Crippen LogP contribution in [0.25, 0.3) is 0 Å². The Morgan fingerprint density at radius 3 is 1.93 bits per heavy atom. The van der Waals surface area contributed by atoms with Gasteiger partial charge in [-0.25, -0.2) is 4.79 Å². The molecule has 0 bridgehead atoms. The molecule has 0 aliphatic carbocycles. The van der Waals surface area contributed by atoms with Crippen LogP contribution in [0.15, 0.2) is 85.1 Å². The lowest BCUT2D eigenvalue weighted by Gasteiger charge is -2.43. The summed E-state index contributed by atoms with van der Waals surface area (Å²) in [5.74, 6) is 0. The van der Waals surface area contributed by atoms with Crippen molar-refractivity contribution in [2.45, 2.75) is 90.3 Å². The summed E-state index contributed by atoms with van der Waals surface area (Å²) in [5.41, 5.74) is -0.634. The summed E-state index contributed by atoms with van der Waals surface area (Å²) in [6.45, 7) is 16.6. The van der Waals surface area contributed by atoms with Crippen molar-refractivity contribution in [2.24, 2.45) is 0 Å². The fraction of sp³-hybridized carbons (Fsp3) is 0.455. The fourth-order valence-electron chi connectivity index (χ4n) is 5.81. The van der Waals surface area contributed by atoms with Gasteiger partial charge in [-0.2, -0.15) is 0 Å². The molecule has 1 aromatic heterocycles. The topological polar surface area (TPSA) is 60.9 Å². The minimum absolute atomic E-state index is 0.175. The van der Waals surface area contributed by atoms with Gasteiger partial charge in [-0.15, -0.1) is 0 Å². The largest absolute Gasteiger partial charge is 0.444 e. The molecule has 4 rings (SSSR count). The first-order chi connectivity index (χ1) is 18.7. The normalized spacial score (nSPS) is 19.4. The number of amides is 1. The zero-order valence-corrected chi connectivity index (χ0v) is 26.2. The second-order valence-corrected chi connectivity index (χ2v) is 17.3. The molecule has 1 aliphatic rings. The van der Waals surface area contributed by atoms with Gasteiger partial charge in [0.2, 0.25) is 0 Å². The predicted molar refractivity (Wildman–Crippen MR) is 162 cm³/mol. The van der Waals surface area contributed by atoms with Gasteiger partial charge in [-0.3, -0.25) is 9.88 Å². The summed E-state index contributed by atoms with van der Waals surface area (Å²) in [7, 11) is -2.80. The first-order valence-corrected chi connectivity index (χ1v) is 16.0. The Kier molecular flexibility index (Phi) is 8.59. The van der Waals surface area contributed by atoms with Crippen LogP contribution in [-0.2, 0) is 20.3 Å². The summed E-state index contributed by atoms with van der Waals surface area (Å²) in [5, 5.41) is 2.23. The minimum Gasteiger partial charge on any atom is -0.444 e. The van der Waals surface area contributed by atoms with E-state index in [0.717, 1.165) is 5.69 Å². The molecule has 3 aromatic rings. The lowest BCUT2D eigenvalue weighted by atomic mass is 10.0. The fourth-order valence-corrected chi connectivity index (χ4v) is 10.4. The number of nitrogens with zero attached hydrogens (tertiary/aromatic N) is 2. The SMILES string of the molecule is CC(C)(C)OC(=O)N1[C@H](Cc2ccccn2)[C@@H](CO[Si](c2ccccc2)(c2ccccc2)C(C)(C)C)OC1(C)C. The number of aromatic nitrogens is 1. The van der Waals surface area contributed by atoms with E-state index in [1.807, 2.05) is 65.0 Å². The first kappa shape index (κ1) is 30.0. The Balaban J connectivity index is 1.75. The maximum absolute atomic E-state index is 13.6. The van der Waals surface area contributed by atoms with Gasteiger partial charge in [0.15, 0.2) is 0 Å². The number of hydrogen-bond acceptors (Lipinski definition) is 5. The van der Waals surface area contributed by atoms with Crippen molar-refractivity contribution in [1.29, 1.82) is 0 Å². The predicted octanol–water partition coefficient (Wildman–Crippen LogP) is 5.94. The highest BCUT2D eigenvalue weighted by Gasteiger charge is 2.54. The molecule has 2 atom stereocenters. The molecule has 1 amide bonds. The van der Waals surface area contributed by atoms with Gasteiger partial charge in [-0.1, -0.05) is 87.5 Å². The van der Waals surface area contributed by atoms with Crippen LogP contribution >= 0.6 is 0 Å². The van der Waals surface area contributed by atoms with Gasteiger partial charge in [0.05, 0.1) is 12.6 Å². The van der Waals surface area contributed by atoms with E-state index in [2.05, 4.69) is 74.3 Å². The summed E-state index contributed by atoms with van der Waals surface area (Å²) in [6.07, 6.45) is 1.53. The van der Waals surface area contributed by atoms with E-state index < -0.39 is 25.7 Å². The molecule has 0 spiro atoms. The molecule has 1 fully saturated rings. The number of ether oxygens (including phenoxy) is 2. The summed E-state index contributed by atoms with van der Waals surface area (Å²) in [6, 6.07) is 26.7. The average Bonchev–Trinajstić information content (AvgIpc) is 3.13. The van der Waals surface area contributed by atoms with Gasteiger partial charge in [-0.05, 0) is 62.2 Å². The minimum atomic E-state index is -2.80. The van der Waals surface area contributed by atoms with Crippen molar-refractivity contribution in [1.82, 2.24) is 9.88 Å². The van der Waals surface area contributed by atoms with Crippen LogP contribution in [0.2, 0.25) is 5.04 Å². The zero-order valence-electron chi connectivity index (χ0n) is 25.2. The van der Waals surface area contributed by atoms with E-state index in [1.165, 1.54) is 10.4 Å². The summed E-state index contributed by atoms with van der Waals surface area (Å²) >= 11 is 0. The molecule has 1 saturated heterocycles. The van der Waals surface area contributed by atoms with E-state index in [0.29, 0.717) is 13.0 Å². The van der Waals surface area contributed by atoms with Crippen LogP contribution < -0.4 is 10.4 Å². The monoisotopic (exact) mass is 560 g/mol. The highest BCUT2D eigenvalue weighted by Crippen LogP contribution is 2.39. The third-order valence-electron chi connectivity index (χ3n) is 7.40. The molecule has 40 heavy (non-hydrogen) atoms. The van der Waals surface area contributed by atoms with E-state index in [4.69, 9.17) is 13.9 Å². The highest BCUT2D eigenvalue weighted by molar-refractivity contribution is 6.99. The Labute approximate surface area is 240 Å². The molecule has 0 unspecified atom stereocenters. The number of pyridine rings is 1. The van der Waals surface area contributed by atoms with E-state index in [-0.39, 0.29) is 17.2 Å². The van der Waals surface area contributed by atoms with Gasteiger partial charge in [0, 0.05) is 18.3 Å². The first-order valence-electron chi connectivity index (χ1n) is 14.1. The van der Waals surface area contributed by atoms with Crippen molar-refractivity contribution < 1.29 is 18.7 Å². The standard InChI is InChI=1S/C33H44N2O4Si/c1-31(2,3)39-30(36)35-28(23-25-17-15-16-22-34-25)29(38-33(35,7)8)24-37-40(32(4,5)6,26-18-11-9-12-19-26)27-20-13-10-14-21-27/h9-22,28-29H,23-24H2,1-8H3/t28-,29-/m1/s1. The van der Waals surface area contributed by atoms with E-state index in [1.54, 1.807) is 11.1 Å². The smallest absolute Gasteiger partial charge is 0.412 e. The Morgan fingerprint density at radius 2 is 1.45 bits per heavy atom. The van der Waals surface area contributed by atoms with Gasteiger partial charge in [0.25, 0.3) is 8.32 Å². The molecule has 6 nitrogen and oxygen atoms in total. The molecule has 1 aliphatic heterocycles. The molecule has 2 heterocycles. The Morgan fingerprint density at radius 1 is 0.900 bits per heavy atom. The summed E-state index contributed by atoms with van der Waals surface area (Å²) in [4.78, 5) is 19.9. The number of hydrogen-bond donors (Lipinski definition) is 0. The van der Waals surface area contributed by atoms with Crippen molar-refractivity contribution in [3.63, 3.8) is 0 Å². The average molecular weight is 561 g/mol. The van der Waals surface area contributed by atoms with E-state index >= 15 is 0 Å². The van der Waals surface area contributed by atoms with E-state index in [9.17, 15) is 4.79 Å². The Hall–Kier alpha value is -3.00. The third kappa shape index (κ3) is 6.32. The van der Waals surface area contributed by atoms with Crippen LogP contribution in [-0.4, -0.2) is 54.4 Å². The Bertz CT molecular complexity index is 1210. The maximum atomic E-state index is 13.6. The zero-order chi connectivity index (χ0) is 29.2. The third-order valence-corrected chi connectivity index (χ3v) is 12.4. The molecule has 0 saturated carbocycles. The van der Waals surface area contributed by atoms with Gasteiger partial charge >= 0.3 is 6.09 Å². The van der Waals surface area contributed by atoms with Crippen LogP contribution in [0.5, 0.6) is 0 Å². The molecule has 0 radical (unpaired) electrons. The summed E-state index contributed by atoms with van der Waals surface area (Å²) < 4.78 is 19.8. The van der Waals surface area contributed by atoms with Crippen molar-refractivity contribution in [3.05, 3.63) is 90.8 Å². The maximum Gasteiger partial charge on any atom is 0.412 e. The quantitative estimate of drug-likeness (QED) is 0.335. The van der Waals surface area contributed by atoms with Crippen molar-refractivity contribution in [3.8, 4) is 0 Å². The number of rotatable bonds is 7. The highest BCUT2D eigenvalue weighted by atomic mass is 28.4. The van der Waals surface area contributed by atoms with Crippen LogP contribution in [0, 0.1) is 0 Å². The second-order valence-electron chi connectivity index (χ2n) is 13.0. The molecule has 214 valence electrons. The molecule has 0 N–H and O–H groups in total. The van der Waals surface area contributed by atoms with Gasteiger partial charge < -0.3 is 13.9 Å². The van der Waals surface area contributed by atoms with Gasteiger partial charge in [0.1, 0.15) is 17.4 Å². The molecule has 2 aromatic carbocycles. The molecular formula is C33H44N2O4Si. The lowest BCUT2D eigenvalue weighted by Crippen LogP contribution is -2.67.